The van der Waals surface area contributed by atoms with Crippen LogP contribution in [-0.4, -0.2) is 53.8 Å². The molecule has 0 bridgehead atoms. The minimum atomic E-state index is -0.761. The van der Waals surface area contributed by atoms with Crippen LogP contribution in [0.3, 0.4) is 0 Å². The van der Waals surface area contributed by atoms with Gasteiger partial charge in [0.25, 0.3) is 5.91 Å². The molecule has 0 aliphatic rings. The van der Waals surface area contributed by atoms with Crippen LogP contribution in [0, 0.1) is 13.8 Å². The van der Waals surface area contributed by atoms with Crippen molar-refractivity contribution in [1.29, 1.82) is 0 Å². The average Bonchev–Trinajstić information content (AvgIpc) is 4.01. The molecule has 82 heavy (non-hydrogen) atoms. The standard InChI is InChI=1S/C36H26O6.C33H24N2O5/c1-22-15-17-23(18-16-22)21-41-35(39)29-19-24-9-5-7-13-27(24)31(33(29)37)32-28-14-8-6-10-25(28)20-30(34(32)38)36(40)42-26-11-3-2-4-12-26;1-20-10-12-21(13-11-20)18-40-33(39)27-17-23-7-3-5-9-25(23)29(31(27)37)28-24-8-4-2-6-22(24)16-26(30(28)36)32(38)35-15-14-34-19-35/h2-20,37-38H,21H2,1H3;2-17,19,36-37H,18H2,1H3. The number of aryl methyl sites for hydroxylation is 2. The molecule has 12 rings (SSSR count). The highest BCUT2D eigenvalue weighted by atomic mass is 16.5. The van der Waals surface area contributed by atoms with Gasteiger partial charge < -0.3 is 34.6 Å². The van der Waals surface area contributed by atoms with Gasteiger partial charge in [0.15, 0.2) is 0 Å². The van der Waals surface area contributed by atoms with Crippen molar-refractivity contribution in [2.75, 3.05) is 0 Å². The maximum Gasteiger partial charge on any atom is 0.347 e. The van der Waals surface area contributed by atoms with Gasteiger partial charge in [-0.25, -0.2) is 19.4 Å². The van der Waals surface area contributed by atoms with Gasteiger partial charge in [0.2, 0.25) is 0 Å². The first-order valence-electron chi connectivity index (χ1n) is 26.1. The number of aromatic hydroxyl groups is 4. The molecule has 402 valence electrons. The van der Waals surface area contributed by atoms with Gasteiger partial charge in [-0.3, -0.25) is 9.36 Å². The molecule has 0 atom stereocenters. The summed E-state index contributed by atoms with van der Waals surface area (Å²) < 4.78 is 18.0. The molecule has 0 saturated heterocycles. The van der Waals surface area contributed by atoms with Crippen molar-refractivity contribution < 1.29 is 53.8 Å². The summed E-state index contributed by atoms with van der Waals surface area (Å²) in [5, 5.41) is 51.5. The Kier molecular flexibility index (Phi) is 14.7. The number of carbonyl (C=O) groups is 4. The van der Waals surface area contributed by atoms with Crippen molar-refractivity contribution in [1.82, 2.24) is 9.55 Å². The van der Waals surface area contributed by atoms with Crippen molar-refractivity contribution in [3.05, 3.63) is 263 Å². The van der Waals surface area contributed by atoms with Crippen LogP contribution in [0.25, 0.3) is 65.3 Å². The molecular formula is C69H50N2O11. The minimum Gasteiger partial charge on any atom is -0.506 e. The molecule has 0 aliphatic carbocycles. The van der Waals surface area contributed by atoms with Crippen LogP contribution in [0.4, 0.5) is 0 Å². The van der Waals surface area contributed by atoms with Crippen LogP contribution in [0.15, 0.2) is 219 Å². The lowest BCUT2D eigenvalue weighted by Crippen LogP contribution is -2.11. The van der Waals surface area contributed by atoms with E-state index in [2.05, 4.69) is 4.98 Å². The van der Waals surface area contributed by atoms with Gasteiger partial charge in [0.05, 0.1) is 5.56 Å². The highest BCUT2D eigenvalue weighted by Gasteiger charge is 2.29. The molecule has 4 N–H and O–H groups in total. The van der Waals surface area contributed by atoms with Crippen LogP contribution in [0.5, 0.6) is 28.7 Å². The third-order valence-corrected chi connectivity index (χ3v) is 14.2. The Bertz CT molecular complexity index is 4440. The number of esters is 3. The van der Waals surface area contributed by atoms with E-state index in [0.717, 1.165) is 22.3 Å². The number of imidazole rings is 1. The normalized spacial score (nSPS) is 11.0. The molecule has 0 saturated carbocycles. The van der Waals surface area contributed by atoms with Gasteiger partial charge >= 0.3 is 17.9 Å². The Hall–Kier alpha value is -11.1. The fraction of sp³-hybridized carbons (Fsp3) is 0.0580. The smallest absolute Gasteiger partial charge is 0.347 e. The summed E-state index contributed by atoms with van der Waals surface area (Å²) in [4.78, 5) is 57.2. The summed E-state index contributed by atoms with van der Waals surface area (Å²) in [5.41, 5.74) is 4.53. The molecule has 1 heterocycles. The highest BCUT2D eigenvalue weighted by Crippen LogP contribution is 2.50. The lowest BCUT2D eigenvalue weighted by molar-refractivity contribution is 0.0460. The largest absolute Gasteiger partial charge is 0.506 e. The first-order valence-corrected chi connectivity index (χ1v) is 26.1. The van der Waals surface area contributed by atoms with Gasteiger partial charge in [-0.2, -0.15) is 0 Å². The number of rotatable bonds is 11. The predicted octanol–water partition coefficient (Wildman–Crippen LogP) is 14.6. The Morgan fingerprint density at radius 3 is 1.13 bits per heavy atom. The molecule has 0 aliphatic heterocycles. The van der Waals surface area contributed by atoms with Crippen molar-refractivity contribution in [3.63, 3.8) is 0 Å². The zero-order valence-corrected chi connectivity index (χ0v) is 44.2. The number of hydrogen-bond donors (Lipinski definition) is 4. The number of para-hydroxylation sites is 1. The first-order chi connectivity index (χ1) is 39.8. The zero-order chi connectivity index (χ0) is 57.0. The van der Waals surface area contributed by atoms with Crippen molar-refractivity contribution >= 4 is 66.9 Å². The molecule has 13 nitrogen and oxygen atoms in total. The Morgan fingerprint density at radius 2 is 0.756 bits per heavy atom. The summed E-state index contributed by atoms with van der Waals surface area (Å²) in [6.45, 7) is 4.00. The number of carbonyl (C=O) groups excluding carboxylic acids is 4. The number of aromatic nitrogens is 2. The number of hydrogen-bond acceptors (Lipinski definition) is 12. The Morgan fingerprint density at radius 1 is 0.415 bits per heavy atom. The van der Waals surface area contributed by atoms with Crippen molar-refractivity contribution in [3.8, 4) is 51.0 Å². The zero-order valence-electron chi connectivity index (χ0n) is 44.2. The molecule has 13 heteroatoms. The number of ether oxygens (including phenoxy) is 3. The second kappa shape index (κ2) is 22.7. The maximum absolute atomic E-state index is 13.3. The molecule has 12 aromatic rings. The molecule has 11 aromatic carbocycles. The van der Waals surface area contributed by atoms with Crippen LogP contribution in [-0.2, 0) is 22.7 Å². The van der Waals surface area contributed by atoms with Gasteiger partial charge in [0.1, 0.15) is 65.0 Å². The second-order valence-electron chi connectivity index (χ2n) is 19.6. The topological polar surface area (TPSA) is 195 Å². The quantitative estimate of drug-likeness (QED) is 0.0708. The van der Waals surface area contributed by atoms with E-state index in [4.69, 9.17) is 14.2 Å². The van der Waals surface area contributed by atoms with Gasteiger partial charge in [-0.15, -0.1) is 0 Å². The van der Waals surface area contributed by atoms with E-state index in [1.807, 2.05) is 111 Å². The summed E-state index contributed by atoms with van der Waals surface area (Å²) in [6.07, 6.45) is 4.32. The minimum absolute atomic E-state index is 0.0235. The van der Waals surface area contributed by atoms with E-state index in [0.29, 0.717) is 48.8 Å². The number of fused-ring (bicyclic) bond motifs is 4. The van der Waals surface area contributed by atoms with Crippen molar-refractivity contribution in [2.24, 2.45) is 0 Å². The number of nitrogens with zero attached hydrogens (tertiary/aromatic N) is 2. The van der Waals surface area contributed by atoms with E-state index in [1.54, 1.807) is 103 Å². The fourth-order valence-electron chi connectivity index (χ4n) is 9.98. The maximum atomic E-state index is 13.3. The van der Waals surface area contributed by atoms with Gasteiger partial charge in [-0.05, 0) is 104 Å². The van der Waals surface area contributed by atoms with E-state index < -0.39 is 23.8 Å². The summed E-state index contributed by atoms with van der Waals surface area (Å²) >= 11 is 0. The molecule has 0 spiro atoms. The highest BCUT2D eigenvalue weighted by molar-refractivity contribution is 6.18. The molecule has 0 amide bonds. The van der Waals surface area contributed by atoms with E-state index in [-0.39, 0.29) is 80.7 Å². The molecule has 1 aromatic heterocycles. The Labute approximate surface area is 469 Å². The van der Waals surface area contributed by atoms with Gasteiger partial charge in [0, 0.05) is 34.6 Å². The molecule has 0 radical (unpaired) electrons. The van der Waals surface area contributed by atoms with Crippen LogP contribution < -0.4 is 4.74 Å². The summed E-state index contributed by atoms with van der Waals surface area (Å²) in [5.74, 6) is -3.76. The number of phenols is 4. The van der Waals surface area contributed by atoms with E-state index in [1.165, 1.54) is 23.3 Å². The third-order valence-electron chi connectivity index (χ3n) is 14.2. The summed E-state index contributed by atoms with van der Waals surface area (Å²) in [6, 6.07) is 59.0. The van der Waals surface area contributed by atoms with E-state index in [9.17, 15) is 39.6 Å². The molecule has 0 unspecified atom stereocenters. The van der Waals surface area contributed by atoms with Crippen molar-refractivity contribution in [2.45, 2.75) is 27.1 Å². The van der Waals surface area contributed by atoms with Gasteiger partial charge in [-0.1, -0.05) is 175 Å². The van der Waals surface area contributed by atoms with Crippen LogP contribution in [0.1, 0.15) is 63.7 Å². The second-order valence-corrected chi connectivity index (χ2v) is 19.6. The number of benzene rings is 11. The Balaban J connectivity index is 0.000000172. The van der Waals surface area contributed by atoms with Crippen LogP contribution in [0.2, 0.25) is 0 Å². The molecular weight excluding hydrogens is 1030 g/mol. The predicted molar refractivity (Wildman–Crippen MR) is 314 cm³/mol. The molecule has 0 fully saturated rings. The monoisotopic (exact) mass is 1080 g/mol. The average molecular weight is 1080 g/mol. The van der Waals surface area contributed by atoms with E-state index >= 15 is 0 Å². The lowest BCUT2D eigenvalue weighted by Gasteiger charge is -2.18. The lowest BCUT2D eigenvalue weighted by atomic mass is 9.88. The fourth-order valence-corrected chi connectivity index (χ4v) is 9.98. The van der Waals surface area contributed by atoms with Crippen LogP contribution >= 0.6 is 0 Å². The number of phenolic OH excluding ortho intramolecular Hbond substituents is 4. The third kappa shape index (κ3) is 10.5. The summed E-state index contributed by atoms with van der Waals surface area (Å²) in [7, 11) is 0. The first kappa shape index (κ1) is 53.0. The SMILES string of the molecule is Cc1ccc(COC(=O)c2cc3ccccc3c(-c3c(O)c(C(=O)Oc4ccccc4)cc4ccccc34)c2O)cc1.Cc1ccc(COC(=O)c2cc3ccccc3c(-c3c(O)c(C(=O)n4ccnc4)cc4ccccc34)c2O)cc1.